The Hall–Kier alpha value is -2.92. The molecule has 5 heteroatoms. The Balaban J connectivity index is 1.50. The zero-order valence-electron chi connectivity index (χ0n) is 17.1. The number of benzene rings is 2. The van der Waals surface area contributed by atoms with E-state index >= 15 is 0 Å². The Morgan fingerprint density at radius 3 is 2.28 bits per heavy atom. The summed E-state index contributed by atoms with van der Waals surface area (Å²) in [5.41, 5.74) is 4.48. The number of pyridine rings is 1. The number of ether oxygens (including phenoxy) is 1. The number of nitrogens with zero attached hydrogens (tertiary/aromatic N) is 1. The van der Waals surface area contributed by atoms with E-state index in [1.54, 1.807) is 6.20 Å². The van der Waals surface area contributed by atoms with E-state index in [2.05, 4.69) is 72.8 Å². The van der Waals surface area contributed by atoms with Crippen molar-refractivity contribution in [1.82, 2.24) is 10.3 Å². The maximum absolute atomic E-state index is 5.81. The van der Waals surface area contributed by atoms with Crippen molar-refractivity contribution in [2.24, 2.45) is 0 Å². The van der Waals surface area contributed by atoms with Crippen LogP contribution in [0, 0.1) is 0 Å². The third kappa shape index (κ3) is 6.29. The number of nitrogens with one attached hydrogen (secondary N) is 2. The molecule has 1 unspecified atom stereocenters. The number of hydrogen-bond donors (Lipinski definition) is 2. The van der Waals surface area contributed by atoms with E-state index in [1.807, 2.05) is 30.5 Å². The van der Waals surface area contributed by atoms with Gasteiger partial charge in [0.1, 0.15) is 12.4 Å². The van der Waals surface area contributed by atoms with Gasteiger partial charge >= 0.3 is 0 Å². The first kappa shape index (κ1) is 20.8. The van der Waals surface area contributed by atoms with Gasteiger partial charge in [-0.15, -0.1) is 0 Å². The average Bonchev–Trinajstić information content (AvgIpc) is 2.73. The maximum Gasteiger partial charge on any atom is 0.171 e. The SMILES string of the molecule is CC(C)c1ccc(NC(=S)NC(C)c2ccc(OCc3cccnc3)cc2)cc1. The van der Waals surface area contributed by atoms with Crippen molar-refractivity contribution < 1.29 is 4.74 Å². The van der Waals surface area contributed by atoms with Gasteiger partial charge in [0, 0.05) is 23.6 Å². The first-order valence-electron chi connectivity index (χ1n) is 9.80. The Kier molecular flexibility index (Phi) is 7.19. The first-order chi connectivity index (χ1) is 14.0. The fourth-order valence-corrected chi connectivity index (χ4v) is 3.20. The minimum atomic E-state index is 0.0808. The van der Waals surface area contributed by atoms with Gasteiger partial charge in [-0.1, -0.05) is 44.2 Å². The van der Waals surface area contributed by atoms with Crippen LogP contribution in [0.3, 0.4) is 0 Å². The number of thiocarbonyl (C=S) groups is 1. The Labute approximate surface area is 178 Å². The van der Waals surface area contributed by atoms with Gasteiger partial charge in [0.05, 0.1) is 6.04 Å². The smallest absolute Gasteiger partial charge is 0.171 e. The maximum atomic E-state index is 5.81. The lowest BCUT2D eigenvalue weighted by Gasteiger charge is -2.18. The fraction of sp³-hybridized carbons (Fsp3) is 0.250. The highest BCUT2D eigenvalue weighted by Gasteiger charge is 2.08. The minimum absolute atomic E-state index is 0.0808. The summed E-state index contributed by atoms with van der Waals surface area (Å²) in [4.78, 5) is 4.10. The monoisotopic (exact) mass is 405 g/mol. The molecular weight excluding hydrogens is 378 g/mol. The van der Waals surface area contributed by atoms with Gasteiger partial charge in [0.15, 0.2) is 5.11 Å². The molecule has 1 heterocycles. The highest BCUT2D eigenvalue weighted by atomic mass is 32.1. The molecule has 4 nitrogen and oxygen atoms in total. The van der Waals surface area contributed by atoms with Gasteiger partial charge < -0.3 is 15.4 Å². The molecule has 0 bridgehead atoms. The molecule has 3 aromatic rings. The summed E-state index contributed by atoms with van der Waals surface area (Å²) in [6.07, 6.45) is 3.57. The predicted molar refractivity (Wildman–Crippen MR) is 123 cm³/mol. The summed E-state index contributed by atoms with van der Waals surface area (Å²) in [7, 11) is 0. The molecular formula is C24H27N3OS. The topological polar surface area (TPSA) is 46.2 Å². The highest BCUT2D eigenvalue weighted by Crippen LogP contribution is 2.20. The van der Waals surface area contributed by atoms with Crippen LogP contribution in [-0.2, 0) is 6.61 Å². The molecule has 0 radical (unpaired) electrons. The quantitative estimate of drug-likeness (QED) is 0.484. The third-order valence-electron chi connectivity index (χ3n) is 4.69. The summed E-state index contributed by atoms with van der Waals surface area (Å²) in [6, 6.07) is 20.4. The second-order valence-electron chi connectivity index (χ2n) is 7.32. The van der Waals surface area contributed by atoms with Crippen LogP contribution in [0.1, 0.15) is 49.4 Å². The number of anilines is 1. The Bertz CT molecular complexity index is 909. The standard InChI is InChI=1S/C24H27N3OS/c1-17(2)20-6-10-22(11-7-20)27-24(29)26-18(3)21-8-12-23(13-9-21)28-16-19-5-4-14-25-15-19/h4-15,17-18H,16H2,1-3H3,(H2,26,27,29). The van der Waals surface area contributed by atoms with Crippen molar-refractivity contribution in [2.45, 2.75) is 39.3 Å². The average molecular weight is 406 g/mol. The molecule has 0 amide bonds. The van der Waals surface area contributed by atoms with Crippen LogP contribution >= 0.6 is 12.2 Å². The van der Waals surface area contributed by atoms with Crippen LogP contribution < -0.4 is 15.4 Å². The zero-order valence-corrected chi connectivity index (χ0v) is 17.9. The summed E-state index contributed by atoms with van der Waals surface area (Å²) in [5.74, 6) is 1.35. The Morgan fingerprint density at radius 2 is 1.66 bits per heavy atom. The molecule has 0 spiro atoms. The van der Waals surface area contributed by atoms with E-state index in [0.717, 1.165) is 22.6 Å². The molecule has 150 valence electrons. The van der Waals surface area contributed by atoms with E-state index in [1.165, 1.54) is 5.56 Å². The van der Waals surface area contributed by atoms with E-state index in [9.17, 15) is 0 Å². The molecule has 1 aromatic heterocycles. The van der Waals surface area contributed by atoms with Crippen LogP contribution in [0.2, 0.25) is 0 Å². The number of hydrogen-bond acceptors (Lipinski definition) is 3. The van der Waals surface area contributed by atoms with Gasteiger partial charge in [-0.2, -0.15) is 0 Å². The van der Waals surface area contributed by atoms with Crippen molar-refractivity contribution in [3.63, 3.8) is 0 Å². The van der Waals surface area contributed by atoms with Crippen LogP contribution in [-0.4, -0.2) is 10.1 Å². The number of aromatic nitrogens is 1. The summed E-state index contributed by atoms with van der Waals surface area (Å²) in [6.45, 7) is 6.96. The van der Waals surface area contributed by atoms with Crippen LogP contribution in [0.5, 0.6) is 5.75 Å². The molecule has 0 aliphatic rings. The number of rotatable bonds is 7. The molecule has 3 rings (SSSR count). The van der Waals surface area contributed by atoms with Gasteiger partial charge in [-0.05, 0) is 66.5 Å². The molecule has 0 aliphatic carbocycles. The lowest BCUT2D eigenvalue weighted by Crippen LogP contribution is -2.30. The van der Waals surface area contributed by atoms with Crippen molar-refractivity contribution in [3.8, 4) is 5.75 Å². The van der Waals surface area contributed by atoms with Crippen LogP contribution in [0.4, 0.5) is 5.69 Å². The van der Waals surface area contributed by atoms with Crippen molar-refractivity contribution in [3.05, 3.63) is 89.7 Å². The van der Waals surface area contributed by atoms with E-state index in [0.29, 0.717) is 17.6 Å². The second-order valence-corrected chi connectivity index (χ2v) is 7.72. The summed E-state index contributed by atoms with van der Waals surface area (Å²) in [5, 5.41) is 7.18. The lowest BCUT2D eigenvalue weighted by molar-refractivity contribution is 0.305. The molecule has 0 saturated heterocycles. The van der Waals surface area contributed by atoms with E-state index < -0.39 is 0 Å². The summed E-state index contributed by atoms with van der Waals surface area (Å²) < 4.78 is 5.81. The van der Waals surface area contributed by atoms with Crippen molar-refractivity contribution >= 4 is 23.0 Å². The fourth-order valence-electron chi connectivity index (χ4n) is 2.90. The lowest BCUT2D eigenvalue weighted by atomic mass is 10.0. The summed E-state index contributed by atoms with van der Waals surface area (Å²) >= 11 is 5.47. The van der Waals surface area contributed by atoms with Crippen molar-refractivity contribution in [2.75, 3.05) is 5.32 Å². The molecule has 0 aliphatic heterocycles. The van der Waals surface area contributed by atoms with Gasteiger partial charge in [-0.3, -0.25) is 4.98 Å². The third-order valence-corrected chi connectivity index (χ3v) is 4.91. The second kappa shape index (κ2) is 10.0. The predicted octanol–water partition coefficient (Wildman–Crippen LogP) is 5.83. The molecule has 1 atom stereocenters. The van der Waals surface area contributed by atoms with E-state index in [4.69, 9.17) is 17.0 Å². The molecule has 2 aromatic carbocycles. The van der Waals surface area contributed by atoms with Crippen LogP contribution in [0.15, 0.2) is 73.1 Å². The largest absolute Gasteiger partial charge is 0.489 e. The highest BCUT2D eigenvalue weighted by molar-refractivity contribution is 7.80. The van der Waals surface area contributed by atoms with Gasteiger partial charge in [0.25, 0.3) is 0 Å². The van der Waals surface area contributed by atoms with Gasteiger partial charge in [-0.25, -0.2) is 0 Å². The Morgan fingerprint density at radius 1 is 0.966 bits per heavy atom. The normalized spacial score (nSPS) is 11.7. The van der Waals surface area contributed by atoms with Crippen molar-refractivity contribution in [1.29, 1.82) is 0 Å². The molecule has 0 fully saturated rings. The molecule has 29 heavy (non-hydrogen) atoms. The van der Waals surface area contributed by atoms with E-state index in [-0.39, 0.29) is 6.04 Å². The zero-order chi connectivity index (χ0) is 20.6. The molecule has 2 N–H and O–H groups in total. The molecule has 0 saturated carbocycles. The van der Waals surface area contributed by atoms with Crippen LogP contribution in [0.25, 0.3) is 0 Å². The minimum Gasteiger partial charge on any atom is -0.489 e. The first-order valence-corrected chi connectivity index (χ1v) is 10.2. The van der Waals surface area contributed by atoms with Gasteiger partial charge in [0.2, 0.25) is 0 Å².